The van der Waals surface area contributed by atoms with Crippen LogP contribution in [0.15, 0.2) is 36.4 Å². The SMILES string of the molecule is CCC(COC)C(=O)NC(=O)c1c(F)cccc1F.Cc1ccc(OC(F)(F)C(F)F)cc1F. The number of rotatable bonds is 8. The second-order valence-corrected chi connectivity index (χ2v) is 6.85. The minimum Gasteiger partial charge on any atom is -0.428 e. The van der Waals surface area contributed by atoms with Gasteiger partial charge in [0.05, 0.1) is 12.5 Å². The van der Waals surface area contributed by atoms with Crippen molar-refractivity contribution in [3.8, 4) is 5.75 Å². The first-order chi connectivity index (χ1) is 15.8. The van der Waals surface area contributed by atoms with Crippen LogP contribution in [-0.4, -0.2) is 38.1 Å². The molecule has 0 aliphatic carbocycles. The molecule has 188 valence electrons. The molecule has 0 bridgehead atoms. The van der Waals surface area contributed by atoms with Crippen molar-refractivity contribution < 1.29 is 49.8 Å². The van der Waals surface area contributed by atoms with Crippen LogP contribution in [0.25, 0.3) is 0 Å². The Morgan fingerprint density at radius 3 is 2.09 bits per heavy atom. The molecule has 2 rings (SSSR count). The first kappa shape index (κ1) is 28.9. The van der Waals surface area contributed by atoms with E-state index in [1.807, 2.05) is 5.32 Å². The first-order valence-electron chi connectivity index (χ1n) is 9.73. The van der Waals surface area contributed by atoms with Gasteiger partial charge >= 0.3 is 12.5 Å². The molecule has 0 heterocycles. The molecule has 0 aliphatic rings. The highest BCUT2D eigenvalue weighted by molar-refractivity contribution is 6.05. The van der Waals surface area contributed by atoms with Gasteiger partial charge in [-0.15, -0.1) is 0 Å². The number of nitrogens with one attached hydrogen (secondary N) is 1. The van der Waals surface area contributed by atoms with E-state index in [-0.39, 0.29) is 12.2 Å². The molecular formula is C22H22F7NO4. The summed E-state index contributed by atoms with van der Waals surface area (Å²) >= 11 is 0. The lowest BCUT2D eigenvalue weighted by atomic mass is 10.1. The molecule has 5 nitrogen and oxygen atoms in total. The van der Waals surface area contributed by atoms with Crippen LogP contribution in [0.1, 0.15) is 29.3 Å². The molecule has 2 aromatic carbocycles. The van der Waals surface area contributed by atoms with Crippen LogP contribution in [0, 0.1) is 30.3 Å². The zero-order valence-electron chi connectivity index (χ0n) is 18.3. The Morgan fingerprint density at radius 2 is 1.62 bits per heavy atom. The van der Waals surface area contributed by atoms with Gasteiger partial charge in [0.15, 0.2) is 0 Å². The average Bonchev–Trinajstić information content (AvgIpc) is 2.74. The lowest BCUT2D eigenvalue weighted by Crippen LogP contribution is -2.38. The molecule has 0 saturated carbocycles. The van der Waals surface area contributed by atoms with Crippen molar-refractivity contribution >= 4 is 11.8 Å². The second-order valence-electron chi connectivity index (χ2n) is 6.85. The molecule has 0 aromatic heterocycles. The fourth-order valence-electron chi connectivity index (χ4n) is 2.41. The van der Waals surface area contributed by atoms with Gasteiger partial charge in [0.25, 0.3) is 5.91 Å². The number of benzene rings is 2. The number of methoxy groups -OCH3 is 1. The van der Waals surface area contributed by atoms with Gasteiger partial charge in [0.1, 0.15) is 28.8 Å². The van der Waals surface area contributed by atoms with Crippen molar-refractivity contribution in [1.82, 2.24) is 5.32 Å². The predicted octanol–water partition coefficient (Wildman–Crippen LogP) is 5.26. The Balaban J connectivity index is 0.000000350. The second kappa shape index (κ2) is 12.9. The molecular weight excluding hydrogens is 475 g/mol. The van der Waals surface area contributed by atoms with Crippen molar-refractivity contribution in [2.45, 2.75) is 32.8 Å². The van der Waals surface area contributed by atoms with Crippen molar-refractivity contribution in [2.75, 3.05) is 13.7 Å². The van der Waals surface area contributed by atoms with Gasteiger partial charge in [-0.3, -0.25) is 14.9 Å². The number of aryl methyl sites for hydroxylation is 1. The molecule has 0 spiro atoms. The average molecular weight is 497 g/mol. The van der Waals surface area contributed by atoms with Crippen molar-refractivity contribution in [1.29, 1.82) is 0 Å². The smallest absolute Gasteiger partial charge is 0.428 e. The summed E-state index contributed by atoms with van der Waals surface area (Å²) in [5, 5.41) is 1.98. The zero-order chi connectivity index (χ0) is 26.1. The standard InChI is InChI=1S/C13H15F2NO3.C9H7F5O/c1-3-8(7-19-2)12(17)16-13(18)11-9(14)5-4-6-10(11)15;1-5-2-3-6(4-7(5)10)15-9(13,14)8(11)12/h4-6,8H,3,7H2,1-2H3,(H,16,17,18);2-4,8H,1H3. The van der Waals surface area contributed by atoms with Crippen LogP contribution >= 0.6 is 0 Å². The van der Waals surface area contributed by atoms with Gasteiger partial charge in [0.2, 0.25) is 5.91 Å². The Bertz CT molecular complexity index is 965. The maximum absolute atomic E-state index is 13.3. The van der Waals surface area contributed by atoms with Crippen LogP contribution < -0.4 is 10.1 Å². The highest BCUT2D eigenvalue weighted by atomic mass is 19.3. The lowest BCUT2D eigenvalue weighted by Gasteiger charge is -2.16. The Hall–Kier alpha value is -3.15. The Morgan fingerprint density at radius 1 is 1.03 bits per heavy atom. The van der Waals surface area contributed by atoms with E-state index < -0.39 is 59.0 Å². The Kier molecular flexibility index (Phi) is 11.0. The summed E-state index contributed by atoms with van der Waals surface area (Å²) in [6, 6.07) is 5.83. The minimum absolute atomic E-state index is 0.134. The van der Waals surface area contributed by atoms with Crippen LogP contribution in [-0.2, 0) is 9.53 Å². The summed E-state index contributed by atoms with van der Waals surface area (Å²) in [6.45, 7) is 3.29. The molecule has 0 radical (unpaired) electrons. The van der Waals surface area contributed by atoms with Gasteiger partial charge in [-0.1, -0.05) is 19.1 Å². The fraction of sp³-hybridized carbons (Fsp3) is 0.364. The number of carbonyl (C=O) groups is 2. The van der Waals surface area contributed by atoms with E-state index in [1.54, 1.807) is 6.92 Å². The van der Waals surface area contributed by atoms with E-state index >= 15 is 0 Å². The van der Waals surface area contributed by atoms with Gasteiger partial charge < -0.3 is 9.47 Å². The maximum Gasteiger partial charge on any atom is 0.461 e. The topological polar surface area (TPSA) is 64.6 Å². The quantitative estimate of drug-likeness (QED) is 0.505. The van der Waals surface area contributed by atoms with Crippen LogP contribution in [0.2, 0.25) is 0 Å². The number of halogens is 7. The van der Waals surface area contributed by atoms with Crippen molar-refractivity contribution in [3.63, 3.8) is 0 Å². The molecule has 12 heteroatoms. The van der Waals surface area contributed by atoms with Gasteiger partial charge in [0, 0.05) is 13.2 Å². The van der Waals surface area contributed by atoms with Gasteiger partial charge in [-0.05, 0) is 37.1 Å². The number of carbonyl (C=O) groups excluding carboxylic acids is 2. The predicted molar refractivity (Wildman–Crippen MR) is 107 cm³/mol. The number of hydrogen-bond acceptors (Lipinski definition) is 4. The molecule has 1 N–H and O–H groups in total. The number of hydrogen-bond donors (Lipinski definition) is 1. The number of alkyl halides is 4. The lowest BCUT2D eigenvalue weighted by molar-refractivity contribution is -0.253. The highest BCUT2D eigenvalue weighted by Gasteiger charge is 2.44. The summed E-state index contributed by atoms with van der Waals surface area (Å²) in [5.41, 5.74) is -0.550. The largest absolute Gasteiger partial charge is 0.461 e. The number of amides is 2. The summed E-state index contributed by atoms with van der Waals surface area (Å²) in [7, 11) is 1.42. The van der Waals surface area contributed by atoms with E-state index in [4.69, 9.17) is 4.74 Å². The Labute approximate surface area is 190 Å². The highest BCUT2D eigenvalue weighted by Crippen LogP contribution is 2.28. The first-order valence-corrected chi connectivity index (χ1v) is 9.73. The molecule has 0 aliphatic heterocycles. The van der Waals surface area contributed by atoms with Gasteiger partial charge in [-0.2, -0.15) is 17.6 Å². The minimum atomic E-state index is -4.61. The van der Waals surface area contributed by atoms with E-state index in [9.17, 15) is 40.3 Å². The van der Waals surface area contributed by atoms with E-state index in [0.717, 1.165) is 30.3 Å². The molecule has 0 saturated heterocycles. The summed E-state index contributed by atoms with van der Waals surface area (Å²) in [6.07, 6.45) is -8.11. The molecule has 0 fully saturated rings. The normalized spacial score (nSPS) is 12.0. The monoisotopic (exact) mass is 497 g/mol. The van der Waals surface area contributed by atoms with Gasteiger partial charge in [-0.25, -0.2) is 13.2 Å². The summed E-state index contributed by atoms with van der Waals surface area (Å²) in [4.78, 5) is 23.4. The fourth-order valence-corrected chi connectivity index (χ4v) is 2.41. The number of imide groups is 1. The van der Waals surface area contributed by atoms with E-state index in [1.165, 1.54) is 14.0 Å². The molecule has 1 unspecified atom stereocenters. The zero-order valence-corrected chi connectivity index (χ0v) is 18.3. The molecule has 2 aromatic rings. The van der Waals surface area contributed by atoms with Crippen LogP contribution in [0.4, 0.5) is 30.7 Å². The van der Waals surface area contributed by atoms with Crippen molar-refractivity contribution in [3.05, 3.63) is 65.0 Å². The van der Waals surface area contributed by atoms with E-state index in [0.29, 0.717) is 12.5 Å². The maximum atomic E-state index is 13.3. The summed E-state index contributed by atoms with van der Waals surface area (Å²) in [5.74, 6) is -5.69. The number of ether oxygens (including phenoxy) is 2. The third kappa shape index (κ3) is 8.32. The third-order valence-corrected chi connectivity index (χ3v) is 4.31. The van der Waals surface area contributed by atoms with Crippen molar-refractivity contribution in [2.24, 2.45) is 5.92 Å². The van der Waals surface area contributed by atoms with E-state index in [2.05, 4.69) is 4.74 Å². The third-order valence-electron chi connectivity index (χ3n) is 4.31. The molecule has 2 amide bonds. The summed E-state index contributed by atoms with van der Waals surface area (Å²) < 4.78 is 96.2. The molecule has 34 heavy (non-hydrogen) atoms. The van der Waals surface area contributed by atoms with Crippen LogP contribution in [0.5, 0.6) is 5.75 Å². The molecule has 1 atom stereocenters. The van der Waals surface area contributed by atoms with Crippen LogP contribution in [0.3, 0.4) is 0 Å².